The first-order valence-electron chi connectivity index (χ1n) is 7.00. The van der Waals surface area contributed by atoms with Crippen LogP contribution < -0.4 is 10.5 Å². The highest BCUT2D eigenvalue weighted by molar-refractivity contribution is 6.30. The number of carbonyl (C=O) groups is 1. The molecule has 0 aliphatic heterocycles. The zero-order valence-corrected chi connectivity index (χ0v) is 12.7. The van der Waals surface area contributed by atoms with Crippen LogP contribution in [0.4, 0.5) is 0 Å². The van der Waals surface area contributed by atoms with Gasteiger partial charge in [0.15, 0.2) is 6.61 Å². The van der Waals surface area contributed by atoms with Gasteiger partial charge in [-0.3, -0.25) is 4.79 Å². The lowest BCUT2D eigenvalue weighted by Gasteiger charge is -2.21. The normalized spacial score (nSPS) is 15.8. The Morgan fingerprint density at radius 1 is 1.55 bits per heavy atom. The maximum absolute atomic E-state index is 12.1. The lowest BCUT2D eigenvalue weighted by molar-refractivity contribution is -0.133. The molecular formula is C15H21ClN2O2. The number of hydrogen-bond donors (Lipinski definition) is 1. The smallest absolute Gasteiger partial charge is 0.260 e. The van der Waals surface area contributed by atoms with Gasteiger partial charge in [-0.2, -0.15) is 0 Å². The molecule has 110 valence electrons. The first-order chi connectivity index (χ1) is 9.52. The van der Waals surface area contributed by atoms with E-state index in [9.17, 15) is 4.79 Å². The van der Waals surface area contributed by atoms with Gasteiger partial charge in [-0.1, -0.05) is 11.6 Å². The van der Waals surface area contributed by atoms with E-state index < -0.39 is 0 Å². The molecule has 1 aromatic rings. The molecule has 0 aromatic heterocycles. The molecule has 1 saturated carbocycles. The number of hydrogen-bond acceptors (Lipinski definition) is 3. The maximum atomic E-state index is 12.1. The Balaban J connectivity index is 2.01. The van der Waals surface area contributed by atoms with Crippen LogP contribution in [0.2, 0.25) is 5.02 Å². The second-order valence-corrected chi connectivity index (χ2v) is 5.61. The van der Waals surface area contributed by atoms with E-state index in [1.165, 1.54) is 0 Å². The summed E-state index contributed by atoms with van der Waals surface area (Å²) in [6.07, 6.45) is 2.21. The van der Waals surface area contributed by atoms with E-state index in [1.807, 2.05) is 18.7 Å². The number of carbonyl (C=O) groups excluding carboxylic acids is 1. The molecule has 0 heterocycles. The number of nitrogens with two attached hydrogens (primary N) is 1. The monoisotopic (exact) mass is 296 g/mol. The fraction of sp³-hybridized carbons (Fsp3) is 0.533. The number of benzene rings is 1. The molecule has 0 radical (unpaired) electrons. The minimum absolute atomic E-state index is 0.0283. The number of halogens is 1. The summed E-state index contributed by atoms with van der Waals surface area (Å²) < 4.78 is 5.65. The summed E-state index contributed by atoms with van der Waals surface area (Å²) in [6, 6.07) is 5.51. The summed E-state index contributed by atoms with van der Waals surface area (Å²) in [5.74, 6) is 0.658. The Kier molecular flexibility index (Phi) is 4.89. The van der Waals surface area contributed by atoms with Crippen molar-refractivity contribution >= 4 is 17.5 Å². The average Bonchev–Trinajstić information content (AvgIpc) is 3.22. The highest BCUT2D eigenvalue weighted by Gasteiger charge is 2.31. The summed E-state index contributed by atoms with van der Waals surface area (Å²) in [4.78, 5) is 14.0. The van der Waals surface area contributed by atoms with Crippen LogP contribution >= 0.6 is 11.6 Å². The quantitative estimate of drug-likeness (QED) is 0.878. The molecule has 1 atom stereocenters. The van der Waals surface area contributed by atoms with Gasteiger partial charge in [0.1, 0.15) is 5.75 Å². The van der Waals surface area contributed by atoms with Crippen LogP contribution in [-0.2, 0) is 4.79 Å². The maximum Gasteiger partial charge on any atom is 0.260 e. The Morgan fingerprint density at radius 3 is 2.80 bits per heavy atom. The van der Waals surface area contributed by atoms with Crippen LogP contribution in [0.25, 0.3) is 0 Å². The van der Waals surface area contributed by atoms with Gasteiger partial charge >= 0.3 is 0 Å². The SMILES string of the molecule is CCN(C(=O)COc1ccc(Cl)cc1[C@H](C)N)C1CC1. The van der Waals surface area contributed by atoms with Crippen molar-refractivity contribution in [3.63, 3.8) is 0 Å². The van der Waals surface area contributed by atoms with Gasteiger partial charge in [0.2, 0.25) is 0 Å². The Labute approximate surface area is 124 Å². The third-order valence-electron chi connectivity index (χ3n) is 3.46. The lowest BCUT2D eigenvalue weighted by Crippen LogP contribution is -2.36. The van der Waals surface area contributed by atoms with Crippen LogP contribution in [0.3, 0.4) is 0 Å². The fourth-order valence-corrected chi connectivity index (χ4v) is 2.43. The van der Waals surface area contributed by atoms with Gasteiger partial charge in [-0.15, -0.1) is 0 Å². The zero-order chi connectivity index (χ0) is 14.7. The third kappa shape index (κ3) is 3.64. The zero-order valence-electron chi connectivity index (χ0n) is 11.9. The van der Waals surface area contributed by atoms with Gasteiger partial charge in [0.25, 0.3) is 5.91 Å². The van der Waals surface area contributed by atoms with Crippen molar-refractivity contribution in [1.29, 1.82) is 0 Å². The first kappa shape index (κ1) is 15.1. The summed E-state index contributed by atoms with van der Waals surface area (Å²) in [7, 11) is 0. The Morgan fingerprint density at radius 2 is 2.25 bits per heavy atom. The first-order valence-corrected chi connectivity index (χ1v) is 7.38. The predicted molar refractivity (Wildman–Crippen MR) is 80.0 cm³/mol. The molecule has 0 spiro atoms. The van der Waals surface area contributed by atoms with Crippen molar-refractivity contribution in [2.45, 2.75) is 38.8 Å². The summed E-state index contributed by atoms with van der Waals surface area (Å²) in [6.45, 7) is 4.63. The molecule has 0 saturated heterocycles. The number of ether oxygens (including phenoxy) is 1. The molecule has 20 heavy (non-hydrogen) atoms. The van der Waals surface area contributed by atoms with Gasteiger partial charge < -0.3 is 15.4 Å². The predicted octanol–water partition coefficient (Wildman–Crippen LogP) is 2.75. The van der Waals surface area contributed by atoms with Gasteiger partial charge in [0, 0.05) is 29.2 Å². The van der Waals surface area contributed by atoms with E-state index in [0.29, 0.717) is 16.8 Å². The van der Waals surface area contributed by atoms with Crippen molar-refractivity contribution in [2.75, 3.05) is 13.2 Å². The molecule has 2 N–H and O–H groups in total. The second-order valence-electron chi connectivity index (χ2n) is 5.17. The van der Waals surface area contributed by atoms with Crippen LogP contribution in [0.15, 0.2) is 18.2 Å². The molecule has 1 amide bonds. The summed E-state index contributed by atoms with van der Waals surface area (Å²) in [5, 5.41) is 0.615. The van der Waals surface area contributed by atoms with Gasteiger partial charge in [-0.25, -0.2) is 0 Å². The van der Waals surface area contributed by atoms with Crippen LogP contribution in [0, 0.1) is 0 Å². The van der Waals surface area contributed by atoms with Crippen molar-refractivity contribution in [3.8, 4) is 5.75 Å². The van der Waals surface area contributed by atoms with Crippen LogP contribution in [-0.4, -0.2) is 30.0 Å². The van der Waals surface area contributed by atoms with Crippen molar-refractivity contribution in [2.24, 2.45) is 5.73 Å². The minimum atomic E-state index is -0.190. The average molecular weight is 297 g/mol. The van der Waals surface area contributed by atoms with Gasteiger partial charge in [-0.05, 0) is 44.9 Å². The molecule has 1 fully saturated rings. The highest BCUT2D eigenvalue weighted by Crippen LogP contribution is 2.29. The summed E-state index contributed by atoms with van der Waals surface area (Å²) in [5.41, 5.74) is 6.72. The molecule has 4 nitrogen and oxygen atoms in total. The van der Waals surface area contributed by atoms with Crippen LogP contribution in [0.1, 0.15) is 38.3 Å². The van der Waals surface area contributed by atoms with E-state index in [4.69, 9.17) is 22.1 Å². The molecular weight excluding hydrogens is 276 g/mol. The van der Waals surface area contributed by atoms with E-state index in [0.717, 1.165) is 24.9 Å². The number of nitrogens with zero attached hydrogens (tertiary/aromatic N) is 1. The van der Waals surface area contributed by atoms with Crippen molar-refractivity contribution in [3.05, 3.63) is 28.8 Å². The lowest BCUT2D eigenvalue weighted by atomic mass is 10.1. The molecule has 2 rings (SSSR count). The largest absolute Gasteiger partial charge is 0.483 e. The van der Waals surface area contributed by atoms with Crippen LogP contribution in [0.5, 0.6) is 5.75 Å². The van der Waals surface area contributed by atoms with E-state index in [1.54, 1.807) is 18.2 Å². The topological polar surface area (TPSA) is 55.6 Å². The molecule has 1 aliphatic carbocycles. The molecule has 0 unspecified atom stereocenters. The highest BCUT2D eigenvalue weighted by atomic mass is 35.5. The van der Waals surface area contributed by atoms with E-state index >= 15 is 0 Å². The number of amides is 1. The summed E-state index contributed by atoms with van der Waals surface area (Å²) >= 11 is 5.96. The Hall–Kier alpha value is -1.26. The number of likely N-dealkylation sites (N-methyl/N-ethyl adjacent to an activating group) is 1. The molecule has 5 heteroatoms. The number of rotatable bonds is 6. The van der Waals surface area contributed by atoms with Gasteiger partial charge in [0.05, 0.1) is 0 Å². The third-order valence-corrected chi connectivity index (χ3v) is 3.70. The van der Waals surface area contributed by atoms with Crippen molar-refractivity contribution in [1.82, 2.24) is 4.90 Å². The Bertz CT molecular complexity index is 487. The molecule has 1 aliphatic rings. The molecule has 0 bridgehead atoms. The molecule has 1 aromatic carbocycles. The standard InChI is InChI=1S/C15H21ClN2O2/c1-3-18(12-5-6-12)15(19)9-20-14-7-4-11(16)8-13(14)10(2)17/h4,7-8,10,12H,3,5-6,9,17H2,1-2H3/t10-/m0/s1. The second kappa shape index (κ2) is 6.46. The van der Waals surface area contributed by atoms with E-state index in [-0.39, 0.29) is 18.6 Å². The van der Waals surface area contributed by atoms with E-state index in [2.05, 4.69) is 0 Å². The fourth-order valence-electron chi connectivity index (χ4n) is 2.25. The van der Waals surface area contributed by atoms with Crippen molar-refractivity contribution < 1.29 is 9.53 Å². The minimum Gasteiger partial charge on any atom is -0.483 e.